The summed E-state index contributed by atoms with van der Waals surface area (Å²) in [7, 11) is -3.64. The molecule has 1 aromatic carbocycles. The van der Waals surface area contributed by atoms with E-state index in [1.54, 1.807) is 13.0 Å². The number of benzene rings is 1. The molecule has 1 heterocycles. The molecule has 0 spiro atoms. The molecule has 0 amide bonds. The molecule has 2 rings (SSSR count). The number of hydrogen-bond donors (Lipinski definition) is 2. The Kier molecular flexibility index (Phi) is 3.85. The van der Waals surface area contributed by atoms with E-state index in [4.69, 9.17) is 5.73 Å². The van der Waals surface area contributed by atoms with Gasteiger partial charge < -0.3 is 10.8 Å². The molecule has 1 aliphatic heterocycles. The summed E-state index contributed by atoms with van der Waals surface area (Å²) in [5.74, 6) is 0. The maximum absolute atomic E-state index is 12.7. The summed E-state index contributed by atoms with van der Waals surface area (Å²) in [6.45, 7) is 3.92. The number of nitrogens with zero attached hydrogens (tertiary/aromatic N) is 1. The summed E-state index contributed by atoms with van der Waals surface area (Å²) < 4.78 is 26.8. The molecule has 5 nitrogen and oxygen atoms in total. The fraction of sp³-hybridized carbons (Fsp3) is 0.538. The highest BCUT2D eigenvalue weighted by Crippen LogP contribution is 2.32. The maximum Gasteiger partial charge on any atom is 0.245 e. The van der Waals surface area contributed by atoms with Crippen LogP contribution in [-0.4, -0.2) is 37.0 Å². The van der Waals surface area contributed by atoms with Crippen LogP contribution >= 0.6 is 0 Å². The number of nitrogens with two attached hydrogens (primary N) is 1. The number of sulfonamides is 1. The van der Waals surface area contributed by atoms with Crippen LogP contribution in [0.1, 0.15) is 24.0 Å². The highest BCUT2D eigenvalue weighted by atomic mass is 32.2. The fourth-order valence-corrected chi connectivity index (χ4v) is 4.66. The van der Waals surface area contributed by atoms with Crippen molar-refractivity contribution in [3.63, 3.8) is 0 Å². The SMILES string of the molecule is Cc1ccc(N)c(S(=O)(=O)N2CCC[C@@H]2CO)c1C. The molecule has 19 heavy (non-hydrogen) atoms. The van der Waals surface area contributed by atoms with Crippen molar-refractivity contribution in [2.75, 3.05) is 18.9 Å². The first-order valence-corrected chi connectivity index (χ1v) is 7.82. The first-order chi connectivity index (χ1) is 8.89. The molecule has 0 saturated carbocycles. The number of hydrogen-bond acceptors (Lipinski definition) is 4. The van der Waals surface area contributed by atoms with Crippen molar-refractivity contribution in [3.8, 4) is 0 Å². The molecule has 0 bridgehead atoms. The van der Waals surface area contributed by atoms with Crippen LogP contribution in [0.2, 0.25) is 0 Å². The predicted molar refractivity (Wildman–Crippen MR) is 74.3 cm³/mol. The van der Waals surface area contributed by atoms with E-state index in [2.05, 4.69) is 0 Å². The van der Waals surface area contributed by atoms with Crippen LogP contribution in [0, 0.1) is 13.8 Å². The minimum Gasteiger partial charge on any atom is -0.398 e. The van der Waals surface area contributed by atoms with Crippen LogP contribution in [0.5, 0.6) is 0 Å². The predicted octanol–water partition coefficient (Wildman–Crippen LogP) is 1.03. The number of anilines is 1. The third-order valence-electron chi connectivity index (χ3n) is 3.81. The van der Waals surface area contributed by atoms with Gasteiger partial charge in [0.1, 0.15) is 4.90 Å². The first-order valence-electron chi connectivity index (χ1n) is 6.38. The van der Waals surface area contributed by atoms with Gasteiger partial charge in [0, 0.05) is 12.6 Å². The van der Waals surface area contributed by atoms with Crippen molar-refractivity contribution in [1.29, 1.82) is 0 Å². The molecule has 1 atom stereocenters. The van der Waals surface area contributed by atoms with Crippen LogP contribution in [0.25, 0.3) is 0 Å². The summed E-state index contributed by atoms with van der Waals surface area (Å²) in [5, 5.41) is 9.30. The second kappa shape index (κ2) is 5.11. The van der Waals surface area contributed by atoms with Crippen molar-refractivity contribution in [2.24, 2.45) is 0 Å². The quantitative estimate of drug-likeness (QED) is 0.812. The van der Waals surface area contributed by atoms with Crippen LogP contribution in [0.4, 0.5) is 5.69 Å². The normalized spacial score (nSPS) is 20.9. The lowest BCUT2D eigenvalue weighted by molar-refractivity contribution is 0.213. The standard InChI is InChI=1S/C13H20N2O3S/c1-9-5-6-12(14)13(10(9)2)19(17,18)15-7-3-4-11(15)8-16/h5-6,11,16H,3-4,7-8,14H2,1-2H3/t11-/m1/s1. The average molecular weight is 284 g/mol. The lowest BCUT2D eigenvalue weighted by Crippen LogP contribution is -2.38. The Labute approximate surface area is 114 Å². The molecule has 3 N–H and O–H groups in total. The molecule has 1 aliphatic rings. The van der Waals surface area contributed by atoms with Crippen LogP contribution in [0.3, 0.4) is 0 Å². The second-order valence-electron chi connectivity index (χ2n) is 5.02. The highest BCUT2D eigenvalue weighted by Gasteiger charge is 2.36. The Bertz CT molecular complexity index is 584. The maximum atomic E-state index is 12.7. The van der Waals surface area contributed by atoms with E-state index in [1.807, 2.05) is 13.0 Å². The molecular weight excluding hydrogens is 264 g/mol. The zero-order valence-corrected chi connectivity index (χ0v) is 12.1. The zero-order valence-electron chi connectivity index (χ0n) is 11.3. The van der Waals surface area contributed by atoms with Crippen molar-refractivity contribution in [1.82, 2.24) is 4.31 Å². The van der Waals surface area contributed by atoms with E-state index >= 15 is 0 Å². The van der Waals surface area contributed by atoms with Crippen LogP contribution < -0.4 is 5.73 Å². The summed E-state index contributed by atoms with van der Waals surface area (Å²) in [5.41, 5.74) is 7.71. The van der Waals surface area contributed by atoms with E-state index in [9.17, 15) is 13.5 Å². The molecule has 1 aromatic rings. The third-order valence-corrected chi connectivity index (χ3v) is 5.96. The minimum atomic E-state index is -3.64. The average Bonchev–Trinajstić information content (AvgIpc) is 2.83. The second-order valence-corrected chi connectivity index (χ2v) is 6.85. The Morgan fingerprint density at radius 2 is 2.11 bits per heavy atom. The van der Waals surface area contributed by atoms with E-state index in [0.29, 0.717) is 18.5 Å². The lowest BCUT2D eigenvalue weighted by Gasteiger charge is -2.24. The van der Waals surface area contributed by atoms with Crippen molar-refractivity contribution < 1.29 is 13.5 Å². The van der Waals surface area contributed by atoms with E-state index in [1.165, 1.54) is 4.31 Å². The molecule has 0 radical (unpaired) electrons. The highest BCUT2D eigenvalue weighted by molar-refractivity contribution is 7.89. The van der Waals surface area contributed by atoms with Gasteiger partial charge in [0.2, 0.25) is 10.0 Å². The fourth-order valence-electron chi connectivity index (χ4n) is 2.58. The van der Waals surface area contributed by atoms with Gasteiger partial charge in [0.05, 0.1) is 12.3 Å². The third kappa shape index (κ3) is 2.35. The summed E-state index contributed by atoms with van der Waals surface area (Å²) in [6, 6.07) is 3.11. The molecule has 1 fully saturated rings. The van der Waals surface area contributed by atoms with Crippen molar-refractivity contribution in [3.05, 3.63) is 23.3 Å². The van der Waals surface area contributed by atoms with Crippen LogP contribution in [-0.2, 0) is 10.0 Å². The Balaban J connectivity index is 2.54. The largest absolute Gasteiger partial charge is 0.398 e. The number of nitrogen functional groups attached to an aromatic ring is 1. The van der Waals surface area contributed by atoms with Gasteiger partial charge in [-0.05, 0) is 43.9 Å². The monoisotopic (exact) mass is 284 g/mol. The molecular formula is C13H20N2O3S. The van der Waals surface area contributed by atoms with E-state index in [-0.39, 0.29) is 23.2 Å². The van der Waals surface area contributed by atoms with Gasteiger partial charge >= 0.3 is 0 Å². The molecule has 0 aromatic heterocycles. The minimum absolute atomic E-state index is 0.149. The van der Waals surface area contributed by atoms with Gasteiger partial charge in [-0.3, -0.25) is 0 Å². The zero-order chi connectivity index (χ0) is 14.2. The van der Waals surface area contributed by atoms with Gasteiger partial charge in [-0.15, -0.1) is 0 Å². The summed E-state index contributed by atoms with van der Waals surface area (Å²) >= 11 is 0. The smallest absolute Gasteiger partial charge is 0.245 e. The molecule has 106 valence electrons. The number of aliphatic hydroxyl groups excluding tert-OH is 1. The molecule has 6 heteroatoms. The summed E-state index contributed by atoms with van der Waals surface area (Å²) in [4.78, 5) is 0.188. The Morgan fingerprint density at radius 1 is 1.42 bits per heavy atom. The molecule has 0 aliphatic carbocycles. The van der Waals surface area contributed by atoms with Crippen molar-refractivity contribution in [2.45, 2.75) is 37.6 Å². The van der Waals surface area contributed by atoms with Gasteiger partial charge in [0.15, 0.2) is 0 Å². The lowest BCUT2D eigenvalue weighted by atomic mass is 10.1. The Morgan fingerprint density at radius 3 is 2.74 bits per heavy atom. The topological polar surface area (TPSA) is 83.6 Å². The first kappa shape index (κ1) is 14.3. The number of aliphatic hydroxyl groups is 1. The van der Waals surface area contributed by atoms with Gasteiger partial charge in [-0.1, -0.05) is 6.07 Å². The molecule has 1 saturated heterocycles. The van der Waals surface area contributed by atoms with Gasteiger partial charge in [0.25, 0.3) is 0 Å². The van der Waals surface area contributed by atoms with Crippen molar-refractivity contribution >= 4 is 15.7 Å². The van der Waals surface area contributed by atoms with Gasteiger partial charge in [-0.2, -0.15) is 4.31 Å². The number of rotatable bonds is 3. The Hall–Kier alpha value is -1.11. The van der Waals surface area contributed by atoms with E-state index in [0.717, 1.165) is 12.0 Å². The molecule has 0 unspecified atom stereocenters. The number of aryl methyl sites for hydroxylation is 1. The van der Waals surface area contributed by atoms with Crippen LogP contribution in [0.15, 0.2) is 17.0 Å². The summed E-state index contributed by atoms with van der Waals surface area (Å²) in [6.07, 6.45) is 1.47. The van der Waals surface area contributed by atoms with Gasteiger partial charge in [-0.25, -0.2) is 8.42 Å². The van der Waals surface area contributed by atoms with E-state index < -0.39 is 10.0 Å².